The first-order valence-corrected chi connectivity index (χ1v) is 8.72. The van der Waals surface area contributed by atoms with Gasteiger partial charge in [0.05, 0.1) is 21.8 Å². The molecule has 0 spiro atoms. The molecule has 3 N–H and O–H groups in total. The summed E-state index contributed by atoms with van der Waals surface area (Å²) in [4.78, 5) is 16.7. The minimum Gasteiger partial charge on any atom is -0.508 e. The number of hydrogen-bond acceptors (Lipinski definition) is 5. The number of benzene rings is 1. The Labute approximate surface area is 150 Å². The third-order valence-electron chi connectivity index (χ3n) is 3.96. The number of hydrogen-bond donors (Lipinski definition) is 3. The molecule has 1 aliphatic carbocycles. The predicted octanol–water partition coefficient (Wildman–Crippen LogP) is 3.55. The van der Waals surface area contributed by atoms with Gasteiger partial charge in [0.2, 0.25) is 0 Å². The lowest BCUT2D eigenvalue weighted by Crippen LogP contribution is -2.24. The van der Waals surface area contributed by atoms with Gasteiger partial charge in [-0.05, 0) is 56.0 Å². The zero-order valence-electron chi connectivity index (χ0n) is 13.7. The number of phenols is 1. The molecule has 0 aliphatic heterocycles. The van der Waals surface area contributed by atoms with Crippen LogP contribution in [0, 0.1) is 17.8 Å². The number of anilines is 1. The summed E-state index contributed by atoms with van der Waals surface area (Å²) in [7, 11) is 0. The van der Waals surface area contributed by atoms with Gasteiger partial charge in [-0.2, -0.15) is 0 Å². The van der Waals surface area contributed by atoms with Crippen molar-refractivity contribution in [3.63, 3.8) is 0 Å². The van der Waals surface area contributed by atoms with Crippen LogP contribution in [-0.2, 0) is 0 Å². The van der Waals surface area contributed by atoms with E-state index in [0.717, 1.165) is 24.8 Å². The number of carbonyl (C=O) groups is 1. The Balaban J connectivity index is 1.72. The maximum absolute atomic E-state index is 11.2. The van der Waals surface area contributed by atoms with Crippen molar-refractivity contribution in [2.24, 2.45) is 10.9 Å². The molecule has 5 nitrogen and oxygen atoms in total. The fourth-order valence-electron chi connectivity index (χ4n) is 2.31. The van der Waals surface area contributed by atoms with Crippen molar-refractivity contribution in [2.45, 2.75) is 25.4 Å². The van der Waals surface area contributed by atoms with E-state index in [1.807, 2.05) is 0 Å². The van der Waals surface area contributed by atoms with Crippen LogP contribution in [0.3, 0.4) is 0 Å². The van der Waals surface area contributed by atoms with Gasteiger partial charge in [0.15, 0.2) is 6.29 Å². The van der Waals surface area contributed by atoms with Gasteiger partial charge in [0.25, 0.3) is 0 Å². The van der Waals surface area contributed by atoms with Crippen molar-refractivity contribution in [2.75, 3.05) is 5.32 Å². The van der Waals surface area contributed by atoms with E-state index in [1.165, 1.54) is 17.7 Å². The minimum absolute atomic E-state index is 0.189. The molecule has 1 aliphatic rings. The smallest absolute Gasteiger partial charge is 0.162 e. The molecule has 25 heavy (non-hydrogen) atoms. The summed E-state index contributed by atoms with van der Waals surface area (Å²) in [5.74, 6) is 6.29. The van der Waals surface area contributed by atoms with Crippen molar-refractivity contribution < 1.29 is 15.0 Å². The van der Waals surface area contributed by atoms with Crippen LogP contribution in [-0.4, -0.2) is 28.4 Å². The average molecular weight is 354 g/mol. The maximum atomic E-state index is 11.2. The molecule has 0 radical (unpaired) electrons. The molecule has 2 aromatic rings. The number of nitrogens with zero attached hydrogens (tertiary/aromatic N) is 1. The number of nitrogens with one attached hydrogen (secondary N) is 1. The summed E-state index contributed by atoms with van der Waals surface area (Å²) in [6, 6.07) is 8.30. The van der Waals surface area contributed by atoms with E-state index in [1.54, 1.807) is 37.3 Å². The van der Waals surface area contributed by atoms with Crippen LogP contribution in [0.5, 0.6) is 5.75 Å². The van der Waals surface area contributed by atoms with Crippen molar-refractivity contribution >= 4 is 35.3 Å². The highest BCUT2D eigenvalue weighted by molar-refractivity contribution is 7.14. The lowest BCUT2D eigenvalue weighted by molar-refractivity contribution is 0.0980. The molecule has 0 amide bonds. The van der Waals surface area contributed by atoms with Gasteiger partial charge in [0.1, 0.15) is 11.4 Å². The van der Waals surface area contributed by atoms with E-state index < -0.39 is 5.60 Å². The first kappa shape index (κ1) is 17.2. The quantitative estimate of drug-likeness (QED) is 0.252. The van der Waals surface area contributed by atoms with E-state index in [9.17, 15) is 15.0 Å². The number of aliphatic hydroxyl groups is 1. The van der Waals surface area contributed by atoms with Crippen LogP contribution in [0.2, 0.25) is 0 Å². The number of carbonyl (C=O) groups excluding carboxylic acids is 1. The van der Waals surface area contributed by atoms with E-state index >= 15 is 0 Å². The summed E-state index contributed by atoms with van der Waals surface area (Å²) < 4.78 is 0. The second kappa shape index (κ2) is 7.09. The SMILES string of the molecule is CC(O)(C#Cc1cc(N=CNc2ccc(O)cc2)c(C=O)s1)C1CC1. The average Bonchev–Trinajstić information content (AvgIpc) is 3.38. The van der Waals surface area contributed by atoms with Gasteiger partial charge >= 0.3 is 0 Å². The minimum atomic E-state index is -0.977. The maximum Gasteiger partial charge on any atom is 0.162 e. The Kier molecular flexibility index (Phi) is 4.88. The number of phenolic OH excluding ortho intramolecular Hbond substituents is 1. The Bertz CT molecular complexity index is 853. The standard InChI is InChI=1S/C19H18N2O3S/c1-19(24,13-2-3-13)9-8-16-10-17(18(11-22)25-16)21-12-20-14-4-6-15(23)7-5-14/h4-7,10-13,23-24H,2-3H2,1H3,(H,20,21). The number of rotatable bonds is 5. The summed E-state index contributed by atoms with van der Waals surface area (Å²) >= 11 is 1.25. The molecule has 1 heterocycles. The summed E-state index contributed by atoms with van der Waals surface area (Å²) in [6.07, 6.45) is 4.25. The summed E-state index contributed by atoms with van der Waals surface area (Å²) in [5, 5.41) is 22.5. The second-order valence-corrected chi connectivity index (χ2v) is 7.18. The van der Waals surface area contributed by atoms with E-state index in [2.05, 4.69) is 22.2 Å². The summed E-state index contributed by atoms with van der Waals surface area (Å²) in [6.45, 7) is 1.73. The van der Waals surface area contributed by atoms with Gasteiger partial charge in [0, 0.05) is 5.69 Å². The van der Waals surface area contributed by atoms with E-state index in [0.29, 0.717) is 15.4 Å². The number of aromatic hydroxyl groups is 1. The highest BCUT2D eigenvalue weighted by Gasteiger charge is 2.38. The van der Waals surface area contributed by atoms with Crippen molar-refractivity contribution in [1.82, 2.24) is 0 Å². The van der Waals surface area contributed by atoms with Crippen LogP contribution in [0.15, 0.2) is 35.3 Å². The number of aliphatic imine (C=N–C) groups is 1. The van der Waals surface area contributed by atoms with Crippen LogP contribution in [0.25, 0.3) is 0 Å². The summed E-state index contributed by atoms with van der Waals surface area (Å²) in [5.41, 5.74) is 0.321. The molecule has 0 bridgehead atoms. The van der Waals surface area contributed by atoms with Crippen molar-refractivity contribution in [3.05, 3.63) is 40.1 Å². The second-order valence-electron chi connectivity index (χ2n) is 6.10. The van der Waals surface area contributed by atoms with Gasteiger partial charge in [-0.3, -0.25) is 4.79 Å². The van der Waals surface area contributed by atoms with Gasteiger partial charge in [-0.15, -0.1) is 11.3 Å². The molecule has 3 rings (SSSR count). The Morgan fingerprint density at radius 3 is 2.72 bits per heavy atom. The lowest BCUT2D eigenvalue weighted by atomic mass is 10.0. The predicted molar refractivity (Wildman–Crippen MR) is 99.8 cm³/mol. The van der Waals surface area contributed by atoms with Crippen molar-refractivity contribution in [1.29, 1.82) is 0 Å². The third kappa shape index (κ3) is 4.47. The first-order valence-electron chi connectivity index (χ1n) is 7.90. The normalized spacial score (nSPS) is 16.1. The van der Waals surface area contributed by atoms with Gasteiger partial charge in [-0.1, -0.05) is 11.8 Å². The molecule has 6 heteroatoms. The number of thiophene rings is 1. The molecule has 1 aromatic heterocycles. The Morgan fingerprint density at radius 2 is 2.08 bits per heavy atom. The molecule has 1 fully saturated rings. The Morgan fingerprint density at radius 1 is 1.36 bits per heavy atom. The molecule has 1 aromatic carbocycles. The van der Waals surface area contributed by atoms with E-state index in [-0.39, 0.29) is 11.7 Å². The highest BCUT2D eigenvalue weighted by atomic mass is 32.1. The fourth-order valence-corrected chi connectivity index (χ4v) is 3.09. The molecule has 1 atom stereocenters. The largest absolute Gasteiger partial charge is 0.508 e. The molecule has 0 saturated heterocycles. The monoisotopic (exact) mass is 354 g/mol. The highest BCUT2D eigenvalue weighted by Crippen LogP contribution is 2.39. The molecule has 1 saturated carbocycles. The van der Waals surface area contributed by atoms with Gasteiger partial charge < -0.3 is 15.5 Å². The van der Waals surface area contributed by atoms with E-state index in [4.69, 9.17) is 0 Å². The zero-order chi connectivity index (χ0) is 17.9. The van der Waals surface area contributed by atoms with Crippen LogP contribution >= 0.6 is 11.3 Å². The van der Waals surface area contributed by atoms with Crippen LogP contribution in [0.1, 0.15) is 34.3 Å². The third-order valence-corrected chi connectivity index (χ3v) is 4.93. The topological polar surface area (TPSA) is 81.9 Å². The lowest BCUT2D eigenvalue weighted by Gasteiger charge is -2.13. The molecular weight excluding hydrogens is 336 g/mol. The zero-order valence-corrected chi connectivity index (χ0v) is 14.5. The molecule has 1 unspecified atom stereocenters. The number of aldehydes is 1. The fraction of sp³-hybridized carbons (Fsp3) is 0.263. The Hall–Kier alpha value is -2.62. The first-order chi connectivity index (χ1) is 12.0. The van der Waals surface area contributed by atoms with Crippen LogP contribution < -0.4 is 5.32 Å². The van der Waals surface area contributed by atoms with Crippen LogP contribution in [0.4, 0.5) is 11.4 Å². The molecule has 128 valence electrons. The van der Waals surface area contributed by atoms with Gasteiger partial charge in [-0.25, -0.2) is 4.99 Å². The van der Waals surface area contributed by atoms with Crippen molar-refractivity contribution in [3.8, 4) is 17.6 Å². The molecular formula is C19H18N2O3S.